The summed E-state index contributed by atoms with van der Waals surface area (Å²) in [7, 11) is 0. The second kappa shape index (κ2) is 7.84. The molecule has 19 heavy (non-hydrogen) atoms. The third-order valence-corrected chi connectivity index (χ3v) is 2.76. The molecule has 106 valence electrons. The molecule has 0 aliphatic heterocycles. The van der Waals surface area contributed by atoms with Crippen LogP contribution in [0.2, 0.25) is 0 Å². The number of carbonyl (C=O) groups excluding carboxylic acids is 1. The van der Waals surface area contributed by atoms with Crippen LogP contribution in [0.4, 0.5) is 8.78 Å². The number of hydrogen-bond donors (Lipinski definition) is 1. The van der Waals surface area contributed by atoms with Crippen molar-refractivity contribution in [3.05, 3.63) is 35.4 Å². The van der Waals surface area contributed by atoms with E-state index in [4.69, 9.17) is 10.5 Å². The fourth-order valence-corrected chi connectivity index (χ4v) is 1.69. The second-order valence-corrected chi connectivity index (χ2v) is 4.40. The highest BCUT2D eigenvalue weighted by atomic mass is 19.1. The van der Waals surface area contributed by atoms with Crippen molar-refractivity contribution >= 4 is 5.97 Å². The van der Waals surface area contributed by atoms with Gasteiger partial charge in [-0.3, -0.25) is 4.79 Å². The van der Waals surface area contributed by atoms with E-state index >= 15 is 0 Å². The van der Waals surface area contributed by atoms with Gasteiger partial charge in [0, 0.05) is 11.6 Å². The summed E-state index contributed by atoms with van der Waals surface area (Å²) in [5.41, 5.74) is 5.68. The molecule has 1 rings (SSSR count). The first kappa shape index (κ1) is 15.6. The summed E-state index contributed by atoms with van der Waals surface area (Å²) in [4.78, 5) is 11.5. The van der Waals surface area contributed by atoms with Gasteiger partial charge in [-0.15, -0.1) is 0 Å². The monoisotopic (exact) mass is 271 g/mol. The molecule has 1 aromatic carbocycles. The number of hydrogen-bond acceptors (Lipinski definition) is 3. The van der Waals surface area contributed by atoms with E-state index in [-0.39, 0.29) is 12.0 Å². The van der Waals surface area contributed by atoms with E-state index in [1.165, 1.54) is 0 Å². The molecule has 0 aromatic heterocycles. The maximum absolute atomic E-state index is 13.4. The van der Waals surface area contributed by atoms with Gasteiger partial charge in [-0.1, -0.05) is 19.8 Å². The summed E-state index contributed by atoms with van der Waals surface area (Å²) >= 11 is 0. The Morgan fingerprint density at radius 1 is 1.37 bits per heavy atom. The van der Waals surface area contributed by atoms with Crippen molar-refractivity contribution in [3.63, 3.8) is 0 Å². The quantitative estimate of drug-likeness (QED) is 0.612. The van der Waals surface area contributed by atoms with Crippen LogP contribution in [0.15, 0.2) is 18.2 Å². The van der Waals surface area contributed by atoms with Crippen LogP contribution in [0.5, 0.6) is 0 Å². The normalized spacial score (nSPS) is 12.2. The highest BCUT2D eigenvalue weighted by Crippen LogP contribution is 2.19. The van der Waals surface area contributed by atoms with Crippen molar-refractivity contribution in [3.8, 4) is 0 Å². The number of carbonyl (C=O) groups is 1. The number of nitrogens with two attached hydrogens (primary N) is 1. The lowest BCUT2D eigenvalue weighted by molar-refractivity contribution is -0.144. The van der Waals surface area contributed by atoms with Crippen molar-refractivity contribution < 1.29 is 18.3 Å². The Morgan fingerprint density at radius 2 is 2.11 bits per heavy atom. The van der Waals surface area contributed by atoms with Gasteiger partial charge >= 0.3 is 5.97 Å². The van der Waals surface area contributed by atoms with Crippen LogP contribution >= 0.6 is 0 Å². The van der Waals surface area contributed by atoms with E-state index in [0.29, 0.717) is 6.61 Å². The number of ether oxygens (including phenoxy) is 1. The zero-order valence-electron chi connectivity index (χ0n) is 11.0. The van der Waals surface area contributed by atoms with Gasteiger partial charge < -0.3 is 10.5 Å². The van der Waals surface area contributed by atoms with Crippen LogP contribution in [0.25, 0.3) is 0 Å². The Kier molecular flexibility index (Phi) is 6.42. The molecule has 0 bridgehead atoms. The van der Waals surface area contributed by atoms with Crippen LogP contribution in [0.3, 0.4) is 0 Å². The van der Waals surface area contributed by atoms with E-state index in [1.54, 1.807) is 0 Å². The molecule has 0 fully saturated rings. The fraction of sp³-hybridized carbons (Fsp3) is 0.500. The molecule has 0 saturated heterocycles. The smallest absolute Gasteiger partial charge is 0.307 e. The maximum atomic E-state index is 13.4. The Balaban J connectivity index is 2.47. The van der Waals surface area contributed by atoms with Gasteiger partial charge in [-0.25, -0.2) is 8.78 Å². The predicted octanol–water partition coefficient (Wildman–Crippen LogP) is 3.09. The largest absolute Gasteiger partial charge is 0.466 e. The lowest BCUT2D eigenvalue weighted by atomic mass is 10.0. The molecule has 0 heterocycles. The Bertz CT molecular complexity index is 424. The van der Waals surface area contributed by atoms with Crippen molar-refractivity contribution in [2.75, 3.05) is 6.61 Å². The minimum Gasteiger partial charge on any atom is -0.466 e. The lowest BCUT2D eigenvalue weighted by Gasteiger charge is -2.12. The fourth-order valence-electron chi connectivity index (χ4n) is 1.69. The van der Waals surface area contributed by atoms with Crippen molar-refractivity contribution in [1.82, 2.24) is 0 Å². The topological polar surface area (TPSA) is 52.3 Å². The minimum atomic E-state index is -0.894. The first-order valence-electron chi connectivity index (χ1n) is 6.40. The third-order valence-electron chi connectivity index (χ3n) is 2.76. The summed E-state index contributed by atoms with van der Waals surface area (Å²) in [5, 5.41) is 0. The van der Waals surface area contributed by atoms with Gasteiger partial charge in [-0.2, -0.15) is 0 Å². The summed E-state index contributed by atoms with van der Waals surface area (Å²) in [6.45, 7) is 2.38. The molecule has 2 N–H and O–H groups in total. The Morgan fingerprint density at radius 3 is 2.79 bits per heavy atom. The molecule has 0 spiro atoms. The molecule has 0 radical (unpaired) electrons. The molecular formula is C14H19F2NO2. The number of esters is 1. The summed E-state index contributed by atoms with van der Waals surface area (Å²) in [6, 6.07) is 2.12. The van der Waals surface area contributed by atoms with Crippen molar-refractivity contribution in [1.29, 1.82) is 0 Å². The molecule has 0 saturated carbocycles. The van der Waals surface area contributed by atoms with Crippen LogP contribution in [0.1, 0.15) is 44.2 Å². The van der Waals surface area contributed by atoms with Crippen LogP contribution in [-0.4, -0.2) is 12.6 Å². The number of halogens is 2. The maximum Gasteiger partial charge on any atom is 0.307 e. The summed E-state index contributed by atoms with van der Waals surface area (Å²) in [5.74, 6) is -1.69. The first-order chi connectivity index (χ1) is 9.04. The molecule has 5 heteroatoms. The van der Waals surface area contributed by atoms with Crippen LogP contribution < -0.4 is 5.73 Å². The highest BCUT2D eigenvalue weighted by molar-refractivity contribution is 5.70. The van der Waals surface area contributed by atoms with Crippen molar-refractivity contribution in [2.45, 2.75) is 38.6 Å². The third kappa shape index (κ3) is 5.34. The predicted molar refractivity (Wildman–Crippen MR) is 68.4 cm³/mol. The van der Waals surface area contributed by atoms with Gasteiger partial charge in [0.15, 0.2) is 0 Å². The zero-order valence-corrected chi connectivity index (χ0v) is 11.0. The molecule has 1 aromatic rings. The minimum absolute atomic E-state index is 0.00879. The molecule has 1 atom stereocenters. The van der Waals surface area contributed by atoms with Gasteiger partial charge in [0.25, 0.3) is 0 Å². The van der Waals surface area contributed by atoms with Gasteiger partial charge in [-0.05, 0) is 24.6 Å². The highest BCUT2D eigenvalue weighted by Gasteiger charge is 2.17. The summed E-state index contributed by atoms with van der Waals surface area (Å²) < 4.78 is 31.4. The van der Waals surface area contributed by atoms with E-state index in [9.17, 15) is 13.6 Å². The van der Waals surface area contributed by atoms with E-state index < -0.39 is 23.6 Å². The van der Waals surface area contributed by atoms with E-state index in [0.717, 1.165) is 37.5 Å². The number of rotatable bonds is 7. The van der Waals surface area contributed by atoms with Crippen LogP contribution in [0, 0.1) is 11.6 Å². The Hall–Kier alpha value is -1.49. The SMILES string of the molecule is CCCCCOC(=O)CC(N)c1cc(F)ccc1F. The molecule has 0 aliphatic carbocycles. The first-order valence-corrected chi connectivity index (χ1v) is 6.40. The second-order valence-electron chi connectivity index (χ2n) is 4.40. The molecule has 3 nitrogen and oxygen atoms in total. The number of unbranched alkanes of at least 4 members (excludes halogenated alkanes) is 2. The average molecular weight is 271 g/mol. The molecule has 0 amide bonds. The van der Waals surface area contributed by atoms with Crippen LogP contribution in [-0.2, 0) is 9.53 Å². The Labute approximate surface area is 111 Å². The van der Waals surface area contributed by atoms with Gasteiger partial charge in [0.1, 0.15) is 11.6 Å². The summed E-state index contributed by atoms with van der Waals surface area (Å²) in [6.07, 6.45) is 2.65. The molecule has 1 unspecified atom stereocenters. The molecular weight excluding hydrogens is 252 g/mol. The average Bonchev–Trinajstić information content (AvgIpc) is 2.37. The standard InChI is InChI=1S/C14H19F2NO2/c1-2-3-4-7-19-14(18)9-13(17)11-8-10(15)5-6-12(11)16/h5-6,8,13H,2-4,7,9,17H2,1H3. The lowest BCUT2D eigenvalue weighted by Crippen LogP contribution is -2.19. The van der Waals surface area contributed by atoms with E-state index in [1.807, 2.05) is 6.92 Å². The van der Waals surface area contributed by atoms with Gasteiger partial charge in [0.2, 0.25) is 0 Å². The van der Waals surface area contributed by atoms with E-state index in [2.05, 4.69) is 0 Å². The zero-order chi connectivity index (χ0) is 14.3. The van der Waals surface area contributed by atoms with Crippen molar-refractivity contribution in [2.24, 2.45) is 5.73 Å². The number of benzene rings is 1. The molecule has 0 aliphatic rings. The van der Waals surface area contributed by atoms with Gasteiger partial charge in [0.05, 0.1) is 13.0 Å².